The second-order valence-electron chi connectivity index (χ2n) is 6.97. The average Bonchev–Trinajstić information content (AvgIpc) is 3.27. The molecule has 2 atom stereocenters. The van der Waals surface area contributed by atoms with Crippen molar-refractivity contribution in [3.8, 4) is 0 Å². The van der Waals surface area contributed by atoms with Crippen LogP contribution in [0.3, 0.4) is 0 Å². The Hall–Kier alpha value is -1.40. The third kappa shape index (κ3) is 4.54. The van der Waals surface area contributed by atoms with Gasteiger partial charge in [-0.15, -0.1) is 0 Å². The number of hydrogen-bond acceptors (Lipinski definition) is 6. The first-order valence-corrected chi connectivity index (χ1v) is 8.77. The van der Waals surface area contributed by atoms with E-state index in [2.05, 4.69) is 40.5 Å². The Morgan fingerprint density at radius 3 is 2.74 bits per heavy atom. The molecule has 0 bridgehead atoms. The molecule has 1 saturated carbocycles. The molecule has 3 N–H and O–H groups in total. The van der Waals surface area contributed by atoms with Crippen molar-refractivity contribution in [2.45, 2.75) is 57.6 Å². The van der Waals surface area contributed by atoms with Crippen LogP contribution in [0.15, 0.2) is 6.07 Å². The van der Waals surface area contributed by atoms with Crippen LogP contribution < -0.4 is 10.6 Å². The van der Waals surface area contributed by atoms with Crippen molar-refractivity contribution < 1.29 is 9.84 Å². The van der Waals surface area contributed by atoms with Crippen LogP contribution in [0.4, 0.5) is 11.8 Å². The summed E-state index contributed by atoms with van der Waals surface area (Å²) in [6.45, 7) is 5.88. The van der Waals surface area contributed by atoms with Gasteiger partial charge in [0.05, 0.1) is 24.4 Å². The van der Waals surface area contributed by atoms with Crippen LogP contribution in [0.1, 0.15) is 51.1 Å². The zero-order chi connectivity index (χ0) is 16.2. The normalized spacial score (nSPS) is 22.3. The number of aliphatic hydroxyl groups excluding tert-OH is 1. The van der Waals surface area contributed by atoms with E-state index >= 15 is 0 Å². The van der Waals surface area contributed by atoms with E-state index < -0.39 is 0 Å². The third-order valence-corrected chi connectivity index (χ3v) is 4.59. The SMILES string of the molecule is CC(C)[C@@H](CO)Nc1nc(NC[C@@H]2CCCO2)cc(C2CC2)n1. The highest BCUT2D eigenvalue weighted by atomic mass is 16.5. The zero-order valence-corrected chi connectivity index (χ0v) is 14.1. The van der Waals surface area contributed by atoms with Crippen molar-refractivity contribution in [1.29, 1.82) is 0 Å². The molecule has 2 heterocycles. The molecular formula is C17H28N4O2. The molecule has 1 aliphatic heterocycles. The molecule has 1 saturated heterocycles. The monoisotopic (exact) mass is 320 g/mol. The molecular weight excluding hydrogens is 292 g/mol. The van der Waals surface area contributed by atoms with E-state index in [-0.39, 0.29) is 18.8 Å². The summed E-state index contributed by atoms with van der Waals surface area (Å²) in [4.78, 5) is 9.22. The first-order chi connectivity index (χ1) is 11.2. The summed E-state index contributed by atoms with van der Waals surface area (Å²) in [6, 6.07) is 2.02. The van der Waals surface area contributed by atoms with E-state index in [4.69, 9.17) is 4.74 Å². The Morgan fingerprint density at radius 1 is 1.30 bits per heavy atom. The molecule has 1 aliphatic carbocycles. The van der Waals surface area contributed by atoms with E-state index in [1.54, 1.807) is 0 Å². The fraction of sp³-hybridized carbons (Fsp3) is 0.765. The first-order valence-electron chi connectivity index (χ1n) is 8.77. The number of rotatable bonds is 8. The van der Waals surface area contributed by atoms with Crippen molar-refractivity contribution >= 4 is 11.8 Å². The van der Waals surface area contributed by atoms with Gasteiger partial charge in [0.15, 0.2) is 0 Å². The van der Waals surface area contributed by atoms with E-state index in [9.17, 15) is 5.11 Å². The molecule has 1 aromatic heterocycles. The van der Waals surface area contributed by atoms with E-state index in [0.29, 0.717) is 17.8 Å². The van der Waals surface area contributed by atoms with Gasteiger partial charge < -0.3 is 20.5 Å². The molecule has 2 aliphatic rings. The summed E-state index contributed by atoms with van der Waals surface area (Å²) < 4.78 is 5.65. The molecule has 1 aromatic rings. The Morgan fingerprint density at radius 2 is 2.13 bits per heavy atom. The fourth-order valence-electron chi connectivity index (χ4n) is 2.82. The summed E-state index contributed by atoms with van der Waals surface area (Å²) >= 11 is 0. The minimum absolute atomic E-state index is 0.0320. The number of hydrogen-bond donors (Lipinski definition) is 3. The van der Waals surface area contributed by atoms with Crippen LogP contribution in [0.25, 0.3) is 0 Å². The molecule has 0 amide bonds. The minimum Gasteiger partial charge on any atom is -0.394 e. The van der Waals surface area contributed by atoms with Gasteiger partial charge in [-0.1, -0.05) is 13.8 Å². The van der Waals surface area contributed by atoms with Gasteiger partial charge >= 0.3 is 0 Å². The Labute approximate surface area is 138 Å². The molecule has 3 rings (SSSR count). The molecule has 0 spiro atoms. The lowest BCUT2D eigenvalue weighted by Crippen LogP contribution is -2.30. The number of nitrogens with zero attached hydrogens (tertiary/aromatic N) is 2. The smallest absolute Gasteiger partial charge is 0.225 e. The molecule has 0 radical (unpaired) electrons. The van der Waals surface area contributed by atoms with Crippen LogP contribution in [-0.2, 0) is 4.74 Å². The Balaban J connectivity index is 1.70. The van der Waals surface area contributed by atoms with Gasteiger partial charge in [0.25, 0.3) is 0 Å². The maximum absolute atomic E-state index is 9.51. The van der Waals surface area contributed by atoms with Crippen LogP contribution in [0, 0.1) is 5.92 Å². The summed E-state index contributed by atoms with van der Waals surface area (Å²) in [5.41, 5.74) is 1.10. The lowest BCUT2D eigenvalue weighted by molar-refractivity contribution is 0.120. The highest BCUT2D eigenvalue weighted by molar-refractivity contribution is 5.44. The van der Waals surface area contributed by atoms with Crippen molar-refractivity contribution in [2.75, 3.05) is 30.4 Å². The van der Waals surface area contributed by atoms with Crippen molar-refractivity contribution in [3.05, 3.63) is 11.8 Å². The maximum Gasteiger partial charge on any atom is 0.225 e. The van der Waals surface area contributed by atoms with Crippen LogP contribution in [-0.4, -0.2) is 47.0 Å². The second-order valence-corrected chi connectivity index (χ2v) is 6.97. The zero-order valence-electron chi connectivity index (χ0n) is 14.1. The molecule has 2 fully saturated rings. The van der Waals surface area contributed by atoms with Gasteiger partial charge in [-0.3, -0.25) is 0 Å². The molecule has 0 unspecified atom stereocenters. The largest absolute Gasteiger partial charge is 0.394 e. The van der Waals surface area contributed by atoms with Gasteiger partial charge in [0, 0.05) is 25.1 Å². The number of aromatic nitrogens is 2. The highest BCUT2D eigenvalue weighted by Crippen LogP contribution is 2.40. The van der Waals surface area contributed by atoms with Gasteiger partial charge in [0.1, 0.15) is 5.82 Å². The van der Waals surface area contributed by atoms with Gasteiger partial charge in [-0.05, 0) is 31.6 Å². The summed E-state index contributed by atoms with van der Waals surface area (Å²) in [7, 11) is 0. The molecule has 6 heteroatoms. The van der Waals surface area contributed by atoms with Crippen LogP contribution >= 0.6 is 0 Å². The van der Waals surface area contributed by atoms with Crippen LogP contribution in [0.2, 0.25) is 0 Å². The Bertz CT molecular complexity index is 513. The van der Waals surface area contributed by atoms with Crippen molar-refractivity contribution in [1.82, 2.24) is 9.97 Å². The fourth-order valence-corrected chi connectivity index (χ4v) is 2.82. The van der Waals surface area contributed by atoms with Crippen molar-refractivity contribution in [2.24, 2.45) is 5.92 Å². The Kier molecular flexibility index (Phi) is 5.33. The van der Waals surface area contributed by atoms with E-state index in [0.717, 1.165) is 37.5 Å². The quantitative estimate of drug-likeness (QED) is 0.682. The molecule has 6 nitrogen and oxygen atoms in total. The maximum atomic E-state index is 9.51. The third-order valence-electron chi connectivity index (χ3n) is 4.59. The number of nitrogens with one attached hydrogen (secondary N) is 2. The molecule has 128 valence electrons. The van der Waals surface area contributed by atoms with E-state index in [1.165, 1.54) is 12.8 Å². The topological polar surface area (TPSA) is 79.3 Å². The molecule has 0 aromatic carbocycles. The van der Waals surface area contributed by atoms with Gasteiger partial charge in [-0.25, -0.2) is 4.98 Å². The summed E-state index contributed by atoms with van der Waals surface area (Å²) in [5.74, 6) is 2.34. The van der Waals surface area contributed by atoms with Crippen molar-refractivity contribution in [3.63, 3.8) is 0 Å². The van der Waals surface area contributed by atoms with Gasteiger partial charge in [-0.2, -0.15) is 4.98 Å². The number of aliphatic hydroxyl groups is 1. The standard InChI is InChI=1S/C17H28N4O2/c1-11(2)15(10-22)20-17-19-14(12-5-6-12)8-16(21-17)18-9-13-4-3-7-23-13/h8,11-13,15,22H,3-7,9-10H2,1-2H3,(H2,18,19,20,21)/t13-,15+/m0/s1. The predicted molar refractivity (Wildman–Crippen MR) is 90.8 cm³/mol. The number of ether oxygens (including phenoxy) is 1. The summed E-state index contributed by atoms with van der Waals surface area (Å²) in [5, 5.41) is 16.2. The van der Waals surface area contributed by atoms with Gasteiger partial charge in [0.2, 0.25) is 5.95 Å². The predicted octanol–water partition coefficient (Wildman–Crippen LogP) is 2.37. The number of anilines is 2. The summed E-state index contributed by atoms with van der Waals surface area (Å²) in [6.07, 6.45) is 4.94. The van der Waals surface area contributed by atoms with E-state index in [1.807, 2.05) is 0 Å². The van der Waals surface area contributed by atoms with Crippen LogP contribution in [0.5, 0.6) is 0 Å². The molecule has 23 heavy (non-hydrogen) atoms. The minimum atomic E-state index is -0.0320. The second kappa shape index (κ2) is 7.45. The lowest BCUT2D eigenvalue weighted by Gasteiger charge is -2.21. The average molecular weight is 320 g/mol. The first kappa shape index (κ1) is 16.5. The lowest BCUT2D eigenvalue weighted by atomic mass is 10.1. The highest BCUT2D eigenvalue weighted by Gasteiger charge is 2.27.